The molecule has 6 rings (SSSR count). The number of aromatic nitrogens is 1. The number of fused-ring (bicyclic) bond motifs is 1. The van der Waals surface area contributed by atoms with Gasteiger partial charge in [0.15, 0.2) is 0 Å². The first-order chi connectivity index (χ1) is 18.9. The minimum Gasteiger partial charge on any atom is -0.366 e. The Morgan fingerprint density at radius 3 is 2.67 bits per heavy atom. The molecule has 0 bridgehead atoms. The second-order valence-corrected chi connectivity index (χ2v) is 10.9. The summed E-state index contributed by atoms with van der Waals surface area (Å²) in [6.45, 7) is 8.61. The predicted octanol–water partition coefficient (Wildman–Crippen LogP) is 3.53. The summed E-state index contributed by atoms with van der Waals surface area (Å²) in [6, 6.07) is 18.5. The van der Waals surface area contributed by atoms with Gasteiger partial charge in [0.2, 0.25) is 11.8 Å². The Morgan fingerprint density at radius 1 is 1.00 bits per heavy atom. The molecule has 39 heavy (non-hydrogen) atoms. The summed E-state index contributed by atoms with van der Waals surface area (Å²) in [7, 11) is 0. The largest absolute Gasteiger partial charge is 0.366 e. The van der Waals surface area contributed by atoms with E-state index in [9.17, 15) is 14.4 Å². The van der Waals surface area contributed by atoms with Crippen molar-refractivity contribution in [3.8, 4) is 11.3 Å². The molecule has 2 fully saturated rings. The third kappa shape index (κ3) is 5.04. The molecule has 3 aliphatic heterocycles. The van der Waals surface area contributed by atoms with Gasteiger partial charge < -0.3 is 9.80 Å². The van der Waals surface area contributed by atoms with E-state index in [1.54, 1.807) is 4.90 Å². The Balaban J connectivity index is 1.14. The number of rotatable bonds is 5. The molecule has 8 heteroatoms. The van der Waals surface area contributed by atoms with E-state index in [1.807, 2.05) is 24.4 Å². The zero-order valence-electron chi connectivity index (χ0n) is 22.4. The van der Waals surface area contributed by atoms with Crippen molar-refractivity contribution in [2.75, 3.05) is 24.5 Å². The molecule has 4 heterocycles. The van der Waals surface area contributed by atoms with Crippen molar-refractivity contribution >= 4 is 23.4 Å². The van der Waals surface area contributed by atoms with Gasteiger partial charge in [-0.05, 0) is 73.4 Å². The number of aryl methyl sites for hydroxylation is 1. The summed E-state index contributed by atoms with van der Waals surface area (Å²) in [6.07, 6.45) is 2.46. The molecule has 3 aromatic rings. The number of carbonyl (C=O) groups excluding carboxylic acids is 3. The van der Waals surface area contributed by atoms with Gasteiger partial charge in [0, 0.05) is 68.2 Å². The monoisotopic (exact) mass is 523 g/mol. The molecule has 2 saturated heterocycles. The van der Waals surface area contributed by atoms with E-state index in [4.69, 9.17) is 0 Å². The van der Waals surface area contributed by atoms with Crippen molar-refractivity contribution in [1.82, 2.24) is 20.1 Å². The fourth-order valence-electron chi connectivity index (χ4n) is 6.09. The zero-order valence-corrected chi connectivity index (χ0v) is 22.4. The molecule has 1 aromatic heterocycles. The Labute approximate surface area is 228 Å². The van der Waals surface area contributed by atoms with Gasteiger partial charge in [-0.3, -0.25) is 29.6 Å². The van der Waals surface area contributed by atoms with Crippen molar-refractivity contribution in [3.63, 3.8) is 0 Å². The van der Waals surface area contributed by atoms with Crippen LogP contribution in [0.4, 0.5) is 5.69 Å². The molecule has 2 atom stereocenters. The first-order valence-corrected chi connectivity index (χ1v) is 13.6. The fourth-order valence-corrected chi connectivity index (χ4v) is 6.09. The van der Waals surface area contributed by atoms with Gasteiger partial charge >= 0.3 is 0 Å². The second kappa shape index (κ2) is 10.3. The summed E-state index contributed by atoms with van der Waals surface area (Å²) in [5.74, 6) is -0.834. The molecule has 8 nitrogen and oxygen atoms in total. The van der Waals surface area contributed by atoms with Crippen LogP contribution < -0.4 is 10.2 Å². The lowest BCUT2D eigenvalue weighted by molar-refractivity contribution is -0.136. The van der Waals surface area contributed by atoms with Crippen LogP contribution in [-0.4, -0.2) is 64.2 Å². The number of pyridine rings is 1. The molecule has 2 aromatic carbocycles. The SMILES string of the molecule is Cc1cccc(N2CCN(Cc3ccnc(-c4ccc5c(c4)CN(C4CCC(=O)NC4=O)C5=O)c3)CC2C)c1. The molecule has 0 saturated carbocycles. The third-order valence-electron chi connectivity index (χ3n) is 8.09. The average Bonchev–Trinajstić information content (AvgIpc) is 3.24. The maximum atomic E-state index is 13.0. The van der Waals surface area contributed by atoms with Gasteiger partial charge in [0.05, 0.1) is 5.69 Å². The molecule has 200 valence electrons. The molecule has 1 N–H and O–H groups in total. The van der Waals surface area contributed by atoms with Gasteiger partial charge in [-0.2, -0.15) is 0 Å². The fraction of sp³-hybridized carbons (Fsp3) is 0.355. The Bertz CT molecular complexity index is 1450. The van der Waals surface area contributed by atoms with Gasteiger partial charge in [-0.15, -0.1) is 0 Å². The van der Waals surface area contributed by atoms with Crippen LogP contribution in [0.2, 0.25) is 0 Å². The number of benzene rings is 2. The van der Waals surface area contributed by atoms with Gasteiger partial charge in [0.25, 0.3) is 5.91 Å². The summed E-state index contributed by atoms with van der Waals surface area (Å²) >= 11 is 0. The van der Waals surface area contributed by atoms with Crippen molar-refractivity contribution < 1.29 is 14.4 Å². The standard InChI is InChI=1S/C31H33N5O3/c1-20-4-3-5-25(14-20)35-13-12-34(17-21(35)2)18-22-10-11-32-27(15-22)23-6-7-26-24(16-23)19-36(31(26)39)28-8-9-29(37)33-30(28)38/h3-7,10-11,14-16,21,28H,8-9,12-13,17-19H2,1-2H3,(H,33,37,38). The number of anilines is 1. The molecule has 3 amide bonds. The predicted molar refractivity (Wildman–Crippen MR) is 149 cm³/mol. The first-order valence-electron chi connectivity index (χ1n) is 13.6. The van der Waals surface area contributed by atoms with Gasteiger partial charge in [-0.1, -0.05) is 18.2 Å². The maximum absolute atomic E-state index is 13.0. The lowest BCUT2D eigenvalue weighted by atomic mass is 10.0. The lowest BCUT2D eigenvalue weighted by Gasteiger charge is -2.41. The quantitative estimate of drug-likeness (QED) is 0.515. The van der Waals surface area contributed by atoms with Crippen LogP contribution in [0.15, 0.2) is 60.8 Å². The van der Waals surface area contributed by atoms with E-state index < -0.39 is 11.9 Å². The van der Waals surface area contributed by atoms with Gasteiger partial charge in [-0.25, -0.2) is 0 Å². The van der Waals surface area contributed by atoms with Crippen LogP contribution in [0.25, 0.3) is 11.3 Å². The number of nitrogens with zero attached hydrogens (tertiary/aromatic N) is 4. The van der Waals surface area contributed by atoms with Crippen LogP contribution >= 0.6 is 0 Å². The Morgan fingerprint density at radius 2 is 1.87 bits per heavy atom. The summed E-state index contributed by atoms with van der Waals surface area (Å²) in [5.41, 5.74) is 7.10. The van der Waals surface area contributed by atoms with Crippen LogP contribution in [0, 0.1) is 6.92 Å². The minimum absolute atomic E-state index is 0.160. The van der Waals surface area contributed by atoms with Crippen LogP contribution in [0.3, 0.4) is 0 Å². The second-order valence-electron chi connectivity index (χ2n) is 10.9. The third-order valence-corrected chi connectivity index (χ3v) is 8.09. The van der Waals surface area contributed by atoms with E-state index in [0.29, 0.717) is 24.6 Å². The zero-order chi connectivity index (χ0) is 27.1. The number of piperidine rings is 1. The van der Waals surface area contributed by atoms with Crippen molar-refractivity contribution in [3.05, 3.63) is 83.0 Å². The molecule has 2 unspecified atom stereocenters. The highest BCUT2D eigenvalue weighted by molar-refractivity contribution is 6.05. The Hall–Kier alpha value is -4.04. The lowest BCUT2D eigenvalue weighted by Crippen LogP contribution is -2.52. The number of amides is 3. The minimum atomic E-state index is -0.610. The molecule has 0 radical (unpaired) electrons. The van der Waals surface area contributed by atoms with E-state index in [0.717, 1.165) is 43.0 Å². The van der Waals surface area contributed by atoms with Crippen molar-refractivity contribution in [1.29, 1.82) is 0 Å². The number of hydrogen-bond acceptors (Lipinski definition) is 6. The van der Waals surface area contributed by atoms with Crippen LogP contribution in [0.5, 0.6) is 0 Å². The molecule has 3 aliphatic rings. The highest BCUT2D eigenvalue weighted by Gasteiger charge is 2.39. The topological polar surface area (TPSA) is 85.8 Å². The van der Waals surface area contributed by atoms with E-state index >= 15 is 0 Å². The highest BCUT2D eigenvalue weighted by Crippen LogP contribution is 2.31. The number of piperazine rings is 1. The number of nitrogens with one attached hydrogen (secondary N) is 1. The number of hydrogen-bond donors (Lipinski definition) is 1. The van der Waals surface area contributed by atoms with Crippen LogP contribution in [0.1, 0.15) is 46.8 Å². The van der Waals surface area contributed by atoms with E-state index in [-0.39, 0.29) is 18.2 Å². The first kappa shape index (κ1) is 25.2. The van der Waals surface area contributed by atoms with Gasteiger partial charge in [0.1, 0.15) is 6.04 Å². The molecule has 0 spiro atoms. The van der Waals surface area contributed by atoms with E-state index in [2.05, 4.69) is 70.3 Å². The van der Waals surface area contributed by atoms with E-state index in [1.165, 1.54) is 16.8 Å². The summed E-state index contributed by atoms with van der Waals surface area (Å²) < 4.78 is 0. The summed E-state index contributed by atoms with van der Waals surface area (Å²) in [4.78, 5) is 48.1. The average molecular weight is 524 g/mol. The molecular weight excluding hydrogens is 490 g/mol. The number of carbonyl (C=O) groups is 3. The molecule has 0 aliphatic carbocycles. The maximum Gasteiger partial charge on any atom is 0.255 e. The molecular formula is C31H33N5O3. The van der Waals surface area contributed by atoms with Crippen molar-refractivity contribution in [2.24, 2.45) is 0 Å². The van der Waals surface area contributed by atoms with Crippen molar-refractivity contribution in [2.45, 2.75) is 51.9 Å². The number of imide groups is 1. The summed E-state index contributed by atoms with van der Waals surface area (Å²) in [5, 5.41) is 2.36. The normalized spacial score (nSPS) is 21.7. The smallest absolute Gasteiger partial charge is 0.255 e. The highest BCUT2D eigenvalue weighted by atomic mass is 16.2. The Kier molecular flexibility index (Phi) is 6.64. The van der Waals surface area contributed by atoms with Crippen LogP contribution in [-0.2, 0) is 22.7 Å².